The summed E-state index contributed by atoms with van der Waals surface area (Å²) in [4.78, 5) is 19.9. The van der Waals surface area contributed by atoms with E-state index in [1.807, 2.05) is 31.3 Å². The van der Waals surface area contributed by atoms with Gasteiger partial charge in [-0.05, 0) is 70.0 Å². The first-order valence-corrected chi connectivity index (χ1v) is 10.3. The first-order chi connectivity index (χ1) is 12.7. The molecule has 4 nitrogen and oxygen atoms in total. The normalized spacial score (nSPS) is 23.4. The molecule has 0 unspecified atom stereocenters. The Hall–Kier alpha value is -1.98. The van der Waals surface area contributed by atoms with E-state index in [0.717, 1.165) is 22.8 Å². The topological polar surface area (TPSA) is 38.1 Å². The van der Waals surface area contributed by atoms with Gasteiger partial charge in [-0.2, -0.15) is 0 Å². The van der Waals surface area contributed by atoms with Crippen LogP contribution in [-0.4, -0.2) is 33.6 Å². The highest BCUT2D eigenvalue weighted by molar-refractivity contribution is 7.18. The first kappa shape index (κ1) is 16.2. The van der Waals surface area contributed by atoms with Gasteiger partial charge in [0.25, 0.3) is 5.56 Å². The molecule has 5 heteroatoms. The third kappa shape index (κ3) is 2.70. The van der Waals surface area contributed by atoms with Gasteiger partial charge >= 0.3 is 0 Å². The molecule has 1 aliphatic carbocycles. The zero-order chi connectivity index (χ0) is 17.7. The molecule has 2 aliphatic rings. The van der Waals surface area contributed by atoms with Crippen LogP contribution in [0.15, 0.2) is 41.3 Å². The lowest BCUT2D eigenvalue weighted by atomic mass is 9.80. The highest BCUT2D eigenvalue weighted by atomic mass is 32.1. The molecular weight excluding hydrogens is 342 g/mol. The third-order valence-corrected chi connectivity index (χ3v) is 7.10. The lowest BCUT2D eigenvalue weighted by Gasteiger charge is -2.40. The molecular formula is C21H23N3OS. The number of aromatic nitrogens is 2. The Labute approximate surface area is 157 Å². The van der Waals surface area contributed by atoms with Crippen LogP contribution in [0.5, 0.6) is 0 Å². The molecule has 0 atom stereocenters. The molecule has 1 saturated heterocycles. The first-order valence-electron chi connectivity index (χ1n) is 9.52. The summed E-state index contributed by atoms with van der Waals surface area (Å²) in [5, 5.41) is 1.27. The fourth-order valence-electron chi connectivity index (χ4n) is 4.26. The second-order valence-corrected chi connectivity index (χ2v) is 8.70. The predicted octanol–water partition coefficient (Wildman–Crippen LogP) is 4.10. The summed E-state index contributed by atoms with van der Waals surface area (Å²) in [5.74, 6) is 0.614. The van der Waals surface area contributed by atoms with Crippen molar-refractivity contribution in [1.29, 1.82) is 0 Å². The Morgan fingerprint density at radius 2 is 1.96 bits per heavy atom. The van der Waals surface area contributed by atoms with E-state index < -0.39 is 0 Å². The maximum absolute atomic E-state index is 12.4. The number of likely N-dealkylation sites (tertiary alicyclic amines) is 1. The quantitative estimate of drug-likeness (QED) is 0.701. The Kier molecular flexibility index (Phi) is 3.94. The maximum Gasteiger partial charge on any atom is 0.257 e. The molecule has 1 aliphatic heterocycles. The van der Waals surface area contributed by atoms with Crippen molar-refractivity contribution in [3.8, 4) is 5.69 Å². The largest absolute Gasteiger partial charge is 0.300 e. The minimum Gasteiger partial charge on any atom is -0.300 e. The summed E-state index contributed by atoms with van der Waals surface area (Å²) < 4.78 is 2.90. The second kappa shape index (κ2) is 6.32. The van der Waals surface area contributed by atoms with Crippen molar-refractivity contribution in [2.24, 2.45) is 0 Å². The van der Waals surface area contributed by atoms with Crippen molar-refractivity contribution in [1.82, 2.24) is 14.5 Å². The van der Waals surface area contributed by atoms with Gasteiger partial charge in [-0.25, -0.2) is 4.98 Å². The summed E-state index contributed by atoms with van der Waals surface area (Å²) in [7, 11) is 0. The van der Waals surface area contributed by atoms with Crippen LogP contribution < -0.4 is 5.56 Å². The third-order valence-electron chi connectivity index (χ3n) is 5.92. The lowest BCUT2D eigenvalue weighted by molar-refractivity contribution is 0.136. The predicted molar refractivity (Wildman–Crippen MR) is 107 cm³/mol. The molecule has 0 bridgehead atoms. The van der Waals surface area contributed by atoms with Crippen molar-refractivity contribution in [3.63, 3.8) is 0 Å². The fourth-order valence-corrected chi connectivity index (χ4v) is 5.38. The van der Waals surface area contributed by atoms with Crippen LogP contribution >= 0.6 is 11.3 Å². The van der Waals surface area contributed by atoms with Gasteiger partial charge < -0.3 is 4.90 Å². The monoisotopic (exact) mass is 365 g/mol. The van der Waals surface area contributed by atoms with Gasteiger partial charge in [-0.1, -0.05) is 6.07 Å². The molecule has 1 saturated carbocycles. The van der Waals surface area contributed by atoms with E-state index in [1.54, 1.807) is 15.9 Å². The smallest absolute Gasteiger partial charge is 0.257 e. The van der Waals surface area contributed by atoms with Crippen LogP contribution in [0.1, 0.15) is 42.2 Å². The van der Waals surface area contributed by atoms with E-state index in [1.165, 1.54) is 48.5 Å². The van der Waals surface area contributed by atoms with Crippen LogP contribution in [-0.2, 0) is 0 Å². The molecule has 134 valence electrons. The van der Waals surface area contributed by atoms with E-state index in [-0.39, 0.29) is 5.56 Å². The number of fused-ring (bicyclic) bond motifs is 1. The summed E-state index contributed by atoms with van der Waals surface area (Å²) in [6.45, 7) is 4.42. The van der Waals surface area contributed by atoms with E-state index >= 15 is 0 Å². The number of hydrogen-bond donors (Lipinski definition) is 0. The summed E-state index contributed by atoms with van der Waals surface area (Å²) in [6, 6.07) is 10.7. The molecule has 26 heavy (non-hydrogen) atoms. The Morgan fingerprint density at radius 3 is 2.77 bits per heavy atom. The van der Waals surface area contributed by atoms with E-state index in [4.69, 9.17) is 4.98 Å². The number of aryl methyl sites for hydroxylation is 1. The maximum atomic E-state index is 12.4. The van der Waals surface area contributed by atoms with Gasteiger partial charge in [0.05, 0.1) is 20.9 Å². The van der Waals surface area contributed by atoms with Crippen molar-refractivity contribution < 1.29 is 0 Å². The minimum absolute atomic E-state index is 0.0454. The Morgan fingerprint density at radius 1 is 1.15 bits per heavy atom. The van der Waals surface area contributed by atoms with Crippen molar-refractivity contribution >= 4 is 21.6 Å². The SMILES string of the molecule is Cc1cccn(-c2ccc3nc([C@H]4C[C@H](N5CCCC5)C4)sc3c2)c1=O. The van der Waals surface area contributed by atoms with Crippen molar-refractivity contribution in [2.75, 3.05) is 13.1 Å². The standard InChI is InChI=1S/C21H23N3OS/c1-14-5-4-10-24(21(14)25)16-6-7-18-19(13-16)26-20(22-18)15-11-17(12-15)23-8-2-3-9-23/h4-7,10,13,15,17H,2-3,8-9,11-12H2,1H3/t15-,17-. The molecule has 2 aromatic heterocycles. The van der Waals surface area contributed by atoms with E-state index in [2.05, 4.69) is 17.0 Å². The van der Waals surface area contributed by atoms with E-state index in [9.17, 15) is 4.79 Å². The van der Waals surface area contributed by atoms with Gasteiger partial charge in [0, 0.05) is 23.7 Å². The Bertz CT molecular complexity index is 1010. The number of nitrogens with zero attached hydrogens (tertiary/aromatic N) is 3. The van der Waals surface area contributed by atoms with E-state index in [0.29, 0.717) is 5.92 Å². The molecule has 0 radical (unpaired) electrons. The number of rotatable bonds is 3. The summed E-state index contributed by atoms with van der Waals surface area (Å²) >= 11 is 1.80. The number of hydrogen-bond acceptors (Lipinski definition) is 4. The highest BCUT2D eigenvalue weighted by Crippen LogP contribution is 2.43. The molecule has 1 aromatic carbocycles. The van der Waals surface area contributed by atoms with Crippen LogP contribution in [0.3, 0.4) is 0 Å². The Balaban J connectivity index is 1.40. The number of pyridine rings is 1. The lowest BCUT2D eigenvalue weighted by Crippen LogP contribution is -2.42. The zero-order valence-corrected chi connectivity index (χ0v) is 15.8. The minimum atomic E-state index is 0.0454. The fraction of sp³-hybridized carbons (Fsp3) is 0.429. The molecule has 5 rings (SSSR count). The van der Waals surface area contributed by atoms with Crippen LogP contribution in [0.2, 0.25) is 0 Å². The van der Waals surface area contributed by atoms with Gasteiger partial charge in [-0.15, -0.1) is 11.3 Å². The van der Waals surface area contributed by atoms with Gasteiger partial charge in [0.2, 0.25) is 0 Å². The number of thiazole rings is 1. The number of benzene rings is 1. The van der Waals surface area contributed by atoms with Crippen molar-refractivity contribution in [3.05, 3.63) is 57.5 Å². The molecule has 0 spiro atoms. The zero-order valence-electron chi connectivity index (χ0n) is 15.0. The second-order valence-electron chi connectivity index (χ2n) is 7.64. The van der Waals surface area contributed by atoms with Gasteiger partial charge in [0.15, 0.2) is 0 Å². The van der Waals surface area contributed by atoms with Gasteiger partial charge in [-0.3, -0.25) is 9.36 Å². The molecule has 2 fully saturated rings. The average molecular weight is 366 g/mol. The van der Waals surface area contributed by atoms with Crippen molar-refractivity contribution in [2.45, 2.75) is 44.6 Å². The van der Waals surface area contributed by atoms with Crippen LogP contribution in [0.25, 0.3) is 15.9 Å². The van der Waals surface area contributed by atoms with Crippen LogP contribution in [0, 0.1) is 6.92 Å². The average Bonchev–Trinajstić information content (AvgIpc) is 3.25. The summed E-state index contributed by atoms with van der Waals surface area (Å²) in [5.41, 5.74) is 2.79. The van der Waals surface area contributed by atoms with Gasteiger partial charge in [0.1, 0.15) is 0 Å². The molecule has 3 heterocycles. The molecule has 0 amide bonds. The molecule has 3 aromatic rings. The van der Waals surface area contributed by atoms with Crippen LogP contribution in [0.4, 0.5) is 0 Å². The summed E-state index contributed by atoms with van der Waals surface area (Å²) in [6.07, 6.45) is 7.08. The highest BCUT2D eigenvalue weighted by Gasteiger charge is 2.37. The molecule has 0 N–H and O–H groups in total.